The molecule has 3 nitrogen and oxygen atoms in total. The summed E-state index contributed by atoms with van der Waals surface area (Å²) in [5, 5.41) is 0. The number of unbranched alkanes of at least 4 members (excludes halogenated alkanes) is 1. The molecule has 0 radical (unpaired) electrons. The van der Waals surface area contributed by atoms with Crippen LogP contribution in [0.5, 0.6) is 0 Å². The highest BCUT2D eigenvalue weighted by Crippen LogP contribution is 2.28. The molecular weight excluding hydrogens is 351 g/mol. The summed E-state index contributed by atoms with van der Waals surface area (Å²) < 4.78 is 61.0. The zero-order chi connectivity index (χ0) is 18.5. The van der Waals surface area contributed by atoms with Gasteiger partial charge in [0.15, 0.2) is 9.84 Å². The van der Waals surface area contributed by atoms with Gasteiger partial charge in [-0.25, -0.2) is 8.42 Å². The normalized spacial score (nSPS) is 19.6. The predicted octanol–water partition coefficient (Wildman–Crippen LogP) is 3.35. The highest BCUT2D eigenvalue weighted by atomic mass is 32.2. The highest BCUT2D eigenvalue weighted by molar-refractivity contribution is 7.91. The molecule has 7 heteroatoms. The minimum atomic E-state index is -4.35. The van der Waals surface area contributed by atoms with Gasteiger partial charge in [0.25, 0.3) is 0 Å². The lowest BCUT2D eigenvalue weighted by atomic mass is 10.1. The van der Waals surface area contributed by atoms with Crippen molar-refractivity contribution in [3.63, 3.8) is 0 Å². The summed E-state index contributed by atoms with van der Waals surface area (Å²) in [4.78, 5) is 2.07. The second-order valence-electron chi connectivity index (χ2n) is 6.26. The molecule has 1 heterocycles. The van der Waals surface area contributed by atoms with Crippen LogP contribution in [-0.2, 0) is 16.0 Å². The summed E-state index contributed by atoms with van der Waals surface area (Å²) in [5.41, 5.74) is -0.179. The first-order valence-electron chi connectivity index (χ1n) is 8.32. The fourth-order valence-corrected chi connectivity index (χ4v) is 4.56. The van der Waals surface area contributed by atoms with Gasteiger partial charge in [0.05, 0.1) is 23.6 Å². The van der Waals surface area contributed by atoms with Gasteiger partial charge in [-0.1, -0.05) is 25.2 Å². The molecule has 1 atom stereocenters. The van der Waals surface area contributed by atoms with Crippen LogP contribution in [0, 0.1) is 11.8 Å². The Bertz CT molecular complexity index is 730. The predicted molar refractivity (Wildman–Crippen MR) is 91.9 cm³/mol. The molecule has 0 unspecified atom stereocenters. The lowest BCUT2D eigenvalue weighted by Gasteiger charge is -2.25. The summed E-state index contributed by atoms with van der Waals surface area (Å²) in [5.74, 6) is 6.22. The molecule has 1 fully saturated rings. The SMILES string of the molecule is CCCCN(CC#Cc1ccc(C(F)(F)F)cc1)[C@H]1CCS(=O)(=O)C1. The van der Waals surface area contributed by atoms with Crippen molar-refractivity contribution in [1.29, 1.82) is 0 Å². The van der Waals surface area contributed by atoms with Crippen LogP contribution in [-0.4, -0.2) is 44.0 Å². The van der Waals surface area contributed by atoms with Crippen molar-refractivity contribution in [2.75, 3.05) is 24.6 Å². The van der Waals surface area contributed by atoms with E-state index in [9.17, 15) is 21.6 Å². The van der Waals surface area contributed by atoms with E-state index in [0.717, 1.165) is 31.5 Å². The molecular formula is C18H22F3NO2S. The molecule has 0 aromatic heterocycles. The minimum Gasteiger partial charge on any atom is -0.288 e. The van der Waals surface area contributed by atoms with Gasteiger partial charge in [-0.05, 0) is 43.7 Å². The Kier molecular flexibility index (Phi) is 6.53. The van der Waals surface area contributed by atoms with E-state index in [1.54, 1.807) is 0 Å². The fraction of sp³-hybridized carbons (Fsp3) is 0.556. The van der Waals surface area contributed by atoms with E-state index in [1.165, 1.54) is 12.1 Å². The van der Waals surface area contributed by atoms with E-state index in [2.05, 4.69) is 23.7 Å². The zero-order valence-electron chi connectivity index (χ0n) is 14.1. The Balaban J connectivity index is 2.02. The van der Waals surface area contributed by atoms with Crippen LogP contribution in [0.2, 0.25) is 0 Å². The van der Waals surface area contributed by atoms with E-state index in [-0.39, 0.29) is 17.5 Å². The minimum absolute atomic E-state index is 0.0153. The first-order chi connectivity index (χ1) is 11.7. The largest absolute Gasteiger partial charge is 0.416 e. The molecule has 0 bridgehead atoms. The van der Waals surface area contributed by atoms with E-state index in [1.807, 2.05) is 0 Å². The van der Waals surface area contributed by atoms with Gasteiger partial charge in [-0.3, -0.25) is 4.90 Å². The van der Waals surface area contributed by atoms with Crippen molar-refractivity contribution < 1.29 is 21.6 Å². The first-order valence-corrected chi connectivity index (χ1v) is 10.1. The van der Waals surface area contributed by atoms with Gasteiger partial charge in [0, 0.05) is 11.6 Å². The number of hydrogen-bond acceptors (Lipinski definition) is 3. The number of hydrogen-bond donors (Lipinski definition) is 0. The third-order valence-corrected chi connectivity index (χ3v) is 6.00. The van der Waals surface area contributed by atoms with Gasteiger partial charge in [0.2, 0.25) is 0 Å². The quantitative estimate of drug-likeness (QED) is 0.743. The molecule has 0 N–H and O–H groups in total. The van der Waals surface area contributed by atoms with E-state index in [4.69, 9.17) is 0 Å². The molecule has 25 heavy (non-hydrogen) atoms. The molecule has 0 saturated carbocycles. The molecule has 138 valence electrons. The van der Waals surface area contributed by atoms with E-state index < -0.39 is 21.6 Å². The molecule has 0 spiro atoms. The van der Waals surface area contributed by atoms with Crippen molar-refractivity contribution >= 4 is 9.84 Å². The van der Waals surface area contributed by atoms with Crippen molar-refractivity contribution in [3.05, 3.63) is 35.4 Å². The van der Waals surface area contributed by atoms with Crippen LogP contribution in [0.1, 0.15) is 37.3 Å². The highest BCUT2D eigenvalue weighted by Gasteiger charge is 2.31. The Morgan fingerprint density at radius 1 is 1.24 bits per heavy atom. The lowest BCUT2D eigenvalue weighted by molar-refractivity contribution is -0.137. The summed E-state index contributed by atoms with van der Waals surface area (Å²) in [6.07, 6.45) is -1.77. The topological polar surface area (TPSA) is 37.4 Å². The molecule has 1 aliphatic heterocycles. The van der Waals surface area contributed by atoms with Gasteiger partial charge in [-0.2, -0.15) is 13.2 Å². The summed E-state index contributed by atoms with van der Waals surface area (Å²) >= 11 is 0. The van der Waals surface area contributed by atoms with Crippen LogP contribution < -0.4 is 0 Å². The van der Waals surface area contributed by atoms with Gasteiger partial charge < -0.3 is 0 Å². The van der Waals surface area contributed by atoms with Crippen molar-refractivity contribution in [1.82, 2.24) is 4.90 Å². The second kappa shape index (κ2) is 8.24. The number of sulfone groups is 1. The third-order valence-electron chi connectivity index (χ3n) is 4.25. The lowest BCUT2D eigenvalue weighted by Crippen LogP contribution is -2.37. The van der Waals surface area contributed by atoms with Crippen LogP contribution >= 0.6 is 0 Å². The molecule has 0 aliphatic carbocycles. The molecule has 2 rings (SSSR count). The first kappa shape index (κ1) is 19.8. The number of halogens is 3. The van der Waals surface area contributed by atoms with Gasteiger partial charge in [0.1, 0.15) is 0 Å². The van der Waals surface area contributed by atoms with Crippen LogP contribution in [0.15, 0.2) is 24.3 Å². The Morgan fingerprint density at radius 2 is 1.92 bits per heavy atom. The van der Waals surface area contributed by atoms with E-state index in [0.29, 0.717) is 18.5 Å². The number of alkyl halides is 3. The Hall–Kier alpha value is -1.52. The fourth-order valence-electron chi connectivity index (χ4n) is 2.80. The summed E-state index contributed by atoms with van der Waals surface area (Å²) in [6.45, 7) is 3.26. The van der Waals surface area contributed by atoms with Crippen LogP contribution in [0.25, 0.3) is 0 Å². The standard InChI is InChI=1S/C18H22F3NO2S/c1-2-3-11-22(17-10-13-25(23,24)14-17)12-4-5-15-6-8-16(9-7-15)18(19,20)21/h6-9,17H,2-3,10-14H2,1H3/t17-/m0/s1. The molecule has 1 aliphatic rings. The molecule has 1 aromatic rings. The molecule has 1 aromatic carbocycles. The van der Waals surface area contributed by atoms with Crippen LogP contribution in [0.4, 0.5) is 13.2 Å². The molecule has 1 saturated heterocycles. The zero-order valence-corrected chi connectivity index (χ0v) is 15.0. The molecule has 0 amide bonds. The summed E-state index contributed by atoms with van der Waals surface area (Å²) in [6, 6.07) is 4.72. The summed E-state index contributed by atoms with van der Waals surface area (Å²) in [7, 11) is -2.96. The Morgan fingerprint density at radius 3 is 2.44 bits per heavy atom. The third kappa shape index (κ3) is 6.05. The monoisotopic (exact) mass is 373 g/mol. The maximum atomic E-state index is 12.5. The number of rotatable bonds is 5. The van der Waals surface area contributed by atoms with Crippen molar-refractivity contribution in [2.45, 2.75) is 38.4 Å². The second-order valence-corrected chi connectivity index (χ2v) is 8.49. The maximum absolute atomic E-state index is 12.5. The average molecular weight is 373 g/mol. The number of nitrogens with zero attached hydrogens (tertiary/aromatic N) is 1. The van der Waals surface area contributed by atoms with Crippen LogP contribution in [0.3, 0.4) is 0 Å². The number of benzene rings is 1. The van der Waals surface area contributed by atoms with Crippen molar-refractivity contribution in [3.8, 4) is 11.8 Å². The Labute approximate surface area is 147 Å². The average Bonchev–Trinajstić information content (AvgIpc) is 2.90. The maximum Gasteiger partial charge on any atom is 0.416 e. The van der Waals surface area contributed by atoms with Gasteiger partial charge in [-0.15, -0.1) is 0 Å². The smallest absolute Gasteiger partial charge is 0.288 e. The van der Waals surface area contributed by atoms with Gasteiger partial charge >= 0.3 is 6.18 Å². The van der Waals surface area contributed by atoms with Crippen molar-refractivity contribution in [2.24, 2.45) is 0 Å². The van der Waals surface area contributed by atoms with E-state index >= 15 is 0 Å².